The van der Waals surface area contributed by atoms with Gasteiger partial charge in [0.2, 0.25) is 0 Å². The molecule has 2 aromatic heterocycles. The number of amides is 1. The fraction of sp³-hybridized carbons (Fsp3) is 0.227. The number of ether oxygens (including phenoxy) is 1. The molecule has 0 atom stereocenters. The molecule has 0 aliphatic carbocycles. The quantitative estimate of drug-likeness (QED) is 0.505. The van der Waals surface area contributed by atoms with Crippen molar-refractivity contribution in [3.05, 3.63) is 76.4 Å². The van der Waals surface area contributed by atoms with Gasteiger partial charge in [-0.15, -0.1) is 0 Å². The summed E-state index contributed by atoms with van der Waals surface area (Å²) in [6.07, 6.45) is 1.59. The normalized spacial score (nSPS) is 12.0. The zero-order chi connectivity index (χ0) is 20.4. The third kappa shape index (κ3) is 3.79. The van der Waals surface area contributed by atoms with Crippen LogP contribution in [-0.2, 0) is 11.3 Å². The van der Waals surface area contributed by atoms with E-state index in [1.165, 1.54) is 16.9 Å². The van der Waals surface area contributed by atoms with Crippen molar-refractivity contribution in [1.29, 1.82) is 0 Å². The van der Waals surface area contributed by atoms with Crippen molar-refractivity contribution in [2.45, 2.75) is 20.4 Å². The second-order valence-corrected chi connectivity index (χ2v) is 7.82. The maximum atomic E-state index is 13.0. The summed E-state index contributed by atoms with van der Waals surface area (Å²) in [6.45, 7) is 5.12. The number of aryl methyl sites for hydroxylation is 1. The maximum Gasteiger partial charge on any atom is 0.283 e. The van der Waals surface area contributed by atoms with E-state index < -0.39 is 0 Å². The molecule has 7 heteroatoms. The van der Waals surface area contributed by atoms with Crippen LogP contribution in [0.25, 0.3) is 15.9 Å². The maximum absolute atomic E-state index is 13.0. The summed E-state index contributed by atoms with van der Waals surface area (Å²) >= 11 is 1.51. The van der Waals surface area contributed by atoms with Crippen molar-refractivity contribution in [2.24, 2.45) is 4.99 Å². The predicted molar refractivity (Wildman–Crippen MR) is 115 cm³/mol. The highest BCUT2D eigenvalue weighted by Gasteiger charge is 2.16. The Kier molecular flexibility index (Phi) is 5.42. The molecule has 0 bridgehead atoms. The van der Waals surface area contributed by atoms with E-state index >= 15 is 0 Å². The molecule has 148 valence electrons. The van der Waals surface area contributed by atoms with E-state index in [0.29, 0.717) is 23.5 Å². The molecule has 29 heavy (non-hydrogen) atoms. The minimum Gasteiger partial charge on any atom is -0.383 e. The van der Waals surface area contributed by atoms with Gasteiger partial charge in [-0.2, -0.15) is 10.1 Å². The molecule has 0 saturated carbocycles. The minimum absolute atomic E-state index is 0.292. The Balaban J connectivity index is 1.77. The van der Waals surface area contributed by atoms with Crippen LogP contribution < -0.4 is 4.80 Å². The molecule has 0 unspecified atom stereocenters. The van der Waals surface area contributed by atoms with Crippen LogP contribution >= 0.6 is 11.3 Å². The number of thiazole rings is 1. The van der Waals surface area contributed by atoms with E-state index in [1.54, 1.807) is 18.0 Å². The Morgan fingerprint density at radius 2 is 1.97 bits per heavy atom. The van der Waals surface area contributed by atoms with Gasteiger partial charge in [0.25, 0.3) is 5.91 Å². The molecule has 4 aromatic rings. The van der Waals surface area contributed by atoms with Gasteiger partial charge >= 0.3 is 0 Å². The number of rotatable bonds is 5. The van der Waals surface area contributed by atoms with Crippen LogP contribution in [0.5, 0.6) is 0 Å². The van der Waals surface area contributed by atoms with Crippen molar-refractivity contribution in [2.75, 3.05) is 13.7 Å². The average molecular weight is 407 g/mol. The molecule has 0 N–H and O–H groups in total. The summed E-state index contributed by atoms with van der Waals surface area (Å²) in [5.74, 6) is -0.292. The number of hydrogen-bond donors (Lipinski definition) is 0. The third-order valence-corrected chi connectivity index (χ3v) is 5.84. The van der Waals surface area contributed by atoms with Crippen LogP contribution in [0.4, 0.5) is 0 Å². The monoisotopic (exact) mass is 406 g/mol. The molecule has 4 rings (SSSR count). The van der Waals surface area contributed by atoms with Crippen molar-refractivity contribution in [3.8, 4) is 5.69 Å². The van der Waals surface area contributed by atoms with Crippen LogP contribution in [-0.4, -0.2) is 34.0 Å². The van der Waals surface area contributed by atoms with Gasteiger partial charge in [-0.3, -0.25) is 4.79 Å². The number of aromatic nitrogens is 3. The van der Waals surface area contributed by atoms with Crippen LogP contribution in [0.1, 0.15) is 21.6 Å². The zero-order valence-electron chi connectivity index (χ0n) is 16.6. The first-order valence-corrected chi connectivity index (χ1v) is 10.2. The summed E-state index contributed by atoms with van der Waals surface area (Å²) in [5.41, 5.74) is 4.42. The molecule has 0 aliphatic heterocycles. The van der Waals surface area contributed by atoms with Crippen LogP contribution in [0, 0.1) is 13.8 Å². The third-order valence-electron chi connectivity index (χ3n) is 4.80. The molecule has 0 aliphatic rings. The molecule has 2 aromatic carbocycles. The van der Waals surface area contributed by atoms with E-state index in [0.717, 1.165) is 21.6 Å². The Labute approximate surface area is 172 Å². The first kappa shape index (κ1) is 19.3. The van der Waals surface area contributed by atoms with Crippen LogP contribution in [0.15, 0.2) is 59.7 Å². The first-order valence-electron chi connectivity index (χ1n) is 9.36. The summed E-state index contributed by atoms with van der Waals surface area (Å²) in [5, 5.41) is 4.39. The predicted octanol–water partition coefficient (Wildman–Crippen LogP) is 3.89. The molecular formula is C22H22N4O2S. The van der Waals surface area contributed by atoms with Gasteiger partial charge in [0.05, 0.1) is 40.0 Å². The first-order chi connectivity index (χ1) is 14.1. The fourth-order valence-corrected chi connectivity index (χ4v) is 4.41. The van der Waals surface area contributed by atoms with Gasteiger partial charge in [0.1, 0.15) is 0 Å². The molecular weight excluding hydrogens is 384 g/mol. The number of carbonyl (C=O) groups is 1. The number of fused-ring (bicyclic) bond motifs is 1. The lowest BCUT2D eigenvalue weighted by atomic mass is 10.2. The number of nitrogens with zero attached hydrogens (tertiary/aromatic N) is 4. The van der Waals surface area contributed by atoms with Crippen molar-refractivity contribution in [3.63, 3.8) is 0 Å². The van der Waals surface area contributed by atoms with Gasteiger partial charge in [0, 0.05) is 13.7 Å². The van der Waals surface area contributed by atoms with Crippen molar-refractivity contribution < 1.29 is 9.53 Å². The molecule has 0 fully saturated rings. The molecule has 0 spiro atoms. The van der Waals surface area contributed by atoms with Crippen molar-refractivity contribution in [1.82, 2.24) is 14.3 Å². The van der Waals surface area contributed by atoms with Crippen LogP contribution in [0.3, 0.4) is 0 Å². The number of para-hydroxylation sites is 1. The summed E-state index contributed by atoms with van der Waals surface area (Å²) in [4.78, 5) is 18.1. The fourth-order valence-electron chi connectivity index (χ4n) is 3.26. The zero-order valence-corrected chi connectivity index (χ0v) is 17.4. The number of hydrogen-bond acceptors (Lipinski definition) is 4. The SMILES string of the molecule is COCCn1c(=NC(=O)c2cnn(-c3ccccc3)c2C)sc2cc(C)ccc21. The highest BCUT2D eigenvalue weighted by molar-refractivity contribution is 7.16. The topological polar surface area (TPSA) is 61.4 Å². The van der Waals surface area contributed by atoms with E-state index in [-0.39, 0.29) is 5.91 Å². The molecule has 0 saturated heterocycles. The Bertz CT molecular complexity index is 1230. The lowest BCUT2D eigenvalue weighted by molar-refractivity contribution is 0.0996. The minimum atomic E-state index is -0.292. The number of benzene rings is 2. The Morgan fingerprint density at radius 1 is 1.17 bits per heavy atom. The lowest BCUT2D eigenvalue weighted by Crippen LogP contribution is -2.19. The largest absolute Gasteiger partial charge is 0.383 e. The summed E-state index contributed by atoms with van der Waals surface area (Å²) < 4.78 is 10.1. The van der Waals surface area contributed by atoms with E-state index in [9.17, 15) is 4.79 Å². The van der Waals surface area contributed by atoms with Gasteiger partial charge in [-0.25, -0.2) is 4.68 Å². The van der Waals surface area contributed by atoms with Gasteiger partial charge in [-0.05, 0) is 43.7 Å². The smallest absolute Gasteiger partial charge is 0.283 e. The molecule has 1 amide bonds. The number of methoxy groups -OCH3 is 1. The molecule has 0 radical (unpaired) electrons. The second-order valence-electron chi connectivity index (χ2n) is 6.81. The Morgan fingerprint density at radius 3 is 2.72 bits per heavy atom. The lowest BCUT2D eigenvalue weighted by Gasteiger charge is -2.05. The van der Waals surface area contributed by atoms with Gasteiger partial charge in [0.15, 0.2) is 4.80 Å². The standard InChI is InChI=1S/C22H22N4O2S/c1-15-9-10-19-20(13-15)29-22(25(19)11-12-28-3)24-21(27)18-14-23-26(16(18)2)17-7-5-4-6-8-17/h4-10,13-14H,11-12H2,1-3H3. The van der Waals surface area contributed by atoms with Crippen molar-refractivity contribution >= 4 is 27.5 Å². The highest BCUT2D eigenvalue weighted by atomic mass is 32.1. The van der Waals surface area contributed by atoms with Crippen LogP contribution in [0.2, 0.25) is 0 Å². The Hall–Kier alpha value is -3.03. The highest BCUT2D eigenvalue weighted by Crippen LogP contribution is 2.20. The number of carbonyl (C=O) groups excluding carboxylic acids is 1. The summed E-state index contributed by atoms with van der Waals surface area (Å²) in [6, 6.07) is 16.0. The van der Waals surface area contributed by atoms with E-state index in [4.69, 9.17) is 4.74 Å². The molecule has 2 heterocycles. The van der Waals surface area contributed by atoms with Gasteiger partial charge in [-0.1, -0.05) is 35.6 Å². The summed E-state index contributed by atoms with van der Waals surface area (Å²) in [7, 11) is 1.67. The van der Waals surface area contributed by atoms with E-state index in [1.807, 2.05) is 41.8 Å². The average Bonchev–Trinajstić information content (AvgIpc) is 3.26. The van der Waals surface area contributed by atoms with E-state index in [2.05, 4.69) is 35.2 Å². The molecule has 6 nitrogen and oxygen atoms in total. The van der Waals surface area contributed by atoms with Gasteiger partial charge < -0.3 is 9.30 Å². The second kappa shape index (κ2) is 8.14.